The molecule has 0 radical (unpaired) electrons. The van der Waals surface area contributed by atoms with Gasteiger partial charge in [-0.05, 0) is 19.8 Å². The highest BCUT2D eigenvalue weighted by molar-refractivity contribution is 5.91. The van der Waals surface area contributed by atoms with Crippen LogP contribution in [-0.4, -0.2) is 24.6 Å². The summed E-state index contributed by atoms with van der Waals surface area (Å²) in [6.45, 7) is 5.91. The summed E-state index contributed by atoms with van der Waals surface area (Å²) in [5, 5.41) is 0. The van der Waals surface area contributed by atoms with Gasteiger partial charge in [-0.25, -0.2) is 9.59 Å². The Morgan fingerprint density at radius 1 is 1.22 bits per heavy atom. The third kappa shape index (κ3) is 8.40. The van der Waals surface area contributed by atoms with Gasteiger partial charge in [0.25, 0.3) is 0 Å². The molecule has 0 amide bonds. The fraction of sp³-hybridized carbons (Fsp3) is 0.571. The van der Waals surface area contributed by atoms with E-state index in [1.807, 2.05) is 13.8 Å². The second-order valence-electron chi connectivity index (χ2n) is 3.58. The molecule has 0 heterocycles. The number of carbonyl (C=O) groups is 2. The lowest BCUT2D eigenvalue weighted by atomic mass is 10.3. The van der Waals surface area contributed by atoms with E-state index in [1.165, 1.54) is 0 Å². The van der Waals surface area contributed by atoms with Gasteiger partial charge in [-0.2, -0.15) is 0 Å². The van der Waals surface area contributed by atoms with Crippen LogP contribution in [0.15, 0.2) is 12.2 Å². The minimum absolute atomic E-state index is 0.369. The largest absolute Gasteiger partial charge is 0.463 e. The molecule has 0 N–H and O–H groups in total. The maximum Gasteiger partial charge on any atom is 0.332 e. The average molecular weight is 252 g/mol. The van der Waals surface area contributed by atoms with Crippen LogP contribution >= 0.6 is 0 Å². The molecule has 0 aliphatic carbocycles. The lowest BCUT2D eigenvalue weighted by Gasteiger charge is -2.07. The Morgan fingerprint density at radius 2 is 1.89 bits per heavy atom. The monoisotopic (exact) mass is 252 g/mol. The molecule has 4 heteroatoms. The van der Waals surface area contributed by atoms with Gasteiger partial charge < -0.3 is 9.47 Å². The first-order valence-corrected chi connectivity index (χ1v) is 6.11. The summed E-state index contributed by atoms with van der Waals surface area (Å²) in [5.41, 5.74) is 0. The van der Waals surface area contributed by atoms with Crippen molar-refractivity contribution in [3.8, 4) is 11.8 Å². The molecule has 0 aromatic carbocycles. The van der Waals surface area contributed by atoms with Crippen molar-refractivity contribution in [2.75, 3.05) is 6.61 Å². The number of hydrogen-bond donors (Lipinski definition) is 0. The molecule has 0 spiro atoms. The SMILES string of the molecule is CC#CC(CC)OC(=O)/C=C/C(=O)OCCCC. The minimum Gasteiger partial charge on any atom is -0.463 e. The van der Waals surface area contributed by atoms with Crippen LogP contribution in [0.5, 0.6) is 0 Å². The maximum absolute atomic E-state index is 11.3. The van der Waals surface area contributed by atoms with Gasteiger partial charge in [0, 0.05) is 12.2 Å². The zero-order chi connectivity index (χ0) is 13.8. The van der Waals surface area contributed by atoms with Crippen molar-refractivity contribution in [2.24, 2.45) is 0 Å². The standard InChI is InChI=1S/C14H20O4/c1-4-7-11-17-13(15)9-10-14(16)18-12(6-3)8-5-2/h9-10,12H,4,6-7,11H2,1-3H3/b10-9+. The number of carbonyl (C=O) groups excluding carboxylic acids is 2. The van der Waals surface area contributed by atoms with Gasteiger partial charge in [0.1, 0.15) is 0 Å². The molecule has 1 unspecified atom stereocenters. The average Bonchev–Trinajstić information content (AvgIpc) is 2.36. The van der Waals surface area contributed by atoms with Crippen LogP contribution in [0, 0.1) is 11.8 Å². The zero-order valence-electron chi connectivity index (χ0n) is 11.2. The fourth-order valence-electron chi connectivity index (χ4n) is 1.06. The molecule has 0 aliphatic heterocycles. The predicted octanol–water partition coefficient (Wildman–Crippen LogP) is 2.23. The van der Waals surface area contributed by atoms with Gasteiger partial charge in [0.05, 0.1) is 6.61 Å². The second-order valence-corrected chi connectivity index (χ2v) is 3.58. The summed E-state index contributed by atoms with van der Waals surface area (Å²) in [7, 11) is 0. The first-order valence-electron chi connectivity index (χ1n) is 6.11. The highest BCUT2D eigenvalue weighted by Gasteiger charge is 2.07. The smallest absolute Gasteiger partial charge is 0.332 e. The van der Waals surface area contributed by atoms with Crippen molar-refractivity contribution in [3.05, 3.63) is 12.2 Å². The molecule has 1 atom stereocenters. The molecular weight excluding hydrogens is 232 g/mol. The summed E-state index contributed by atoms with van der Waals surface area (Å²) in [5.74, 6) is 4.31. The van der Waals surface area contributed by atoms with Crippen LogP contribution in [0.3, 0.4) is 0 Å². The molecule has 0 rings (SSSR count). The Hall–Kier alpha value is -1.76. The van der Waals surface area contributed by atoms with E-state index in [2.05, 4.69) is 11.8 Å². The van der Waals surface area contributed by atoms with Crippen LogP contribution in [0.2, 0.25) is 0 Å². The first-order chi connectivity index (χ1) is 8.63. The van der Waals surface area contributed by atoms with Crippen LogP contribution in [0.1, 0.15) is 40.0 Å². The molecule has 0 fully saturated rings. The number of rotatable bonds is 7. The van der Waals surface area contributed by atoms with Crippen molar-refractivity contribution in [3.63, 3.8) is 0 Å². The first kappa shape index (κ1) is 16.2. The lowest BCUT2D eigenvalue weighted by molar-refractivity contribution is -0.142. The molecule has 0 saturated heterocycles. The van der Waals surface area contributed by atoms with E-state index >= 15 is 0 Å². The van der Waals surface area contributed by atoms with Gasteiger partial charge in [0.15, 0.2) is 6.10 Å². The fourth-order valence-corrected chi connectivity index (χ4v) is 1.06. The van der Waals surface area contributed by atoms with Crippen LogP contribution in [-0.2, 0) is 19.1 Å². The summed E-state index contributed by atoms with van der Waals surface area (Å²) in [4.78, 5) is 22.5. The van der Waals surface area contributed by atoms with Gasteiger partial charge in [0.2, 0.25) is 0 Å². The Balaban J connectivity index is 4.04. The highest BCUT2D eigenvalue weighted by Crippen LogP contribution is 1.98. The highest BCUT2D eigenvalue weighted by atomic mass is 16.5. The summed E-state index contributed by atoms with van der Waals surface area (Å²) in [6, 6.07) is 0. The normalized spacial score (nSPS) is 11.5. The minimum atomic E-state index is -0.586. The number of esters is 2. The van der Waals surface area contributed by atoms with Crippen molar-refractivity contribution in [2.45, 2.75) is 46.1 Å². The Kier molecular flexibility index (Phi) is 9.38. The third-order valence-corrected chi connectivity index (χ3v) is 2.03. The predicted molar refractivity (Wildman–Crippen MR) is 68.6 cm³/mol. The van der Waals surface area contributed by atoms with Crippen molar-refractivity contribution >= 4 is 11.9 Å². The van der Waals surface area contributed by atoms with Crippen LogP contribution in [0.4, 0.5) is 0 Å². The lowest BCUT2D eigenvalue weighted by Crippen LogP contribution is -2.14. The summed E-state index contributed by atoms with van der Waals surface area (Å²) >= 11 is 0. The summed E-state index contributed by atoms with van der Waals surface area (Å²) < 4.78 is 9.86. The Morgan fingerprint density at radius 3 is 2.44 bits per heavy atom. The van der Waals surface area contributed by atoms with Gasteiger partial charge in [-0.15, -0.1) is 5.92 Å². The molecule has 100 valence electrons. The van der Waals surface area contributed by atoms with E-state index in [4.69, 9.17) is 9.47 Å². The number of unbranched alkanes of at least 4 members (excludes halogenated alkanes) is 1. The topological polar surface area (TPSA) is 52.6 Å². The quantitative estimate of drug-likeness (QED) is 0.302. The van der Waals surface area contributed by atoms with Gasteiger partial charge in [-0.3, -0.25) is 0 Å². The molecule has 0 bridgehead atoms. The van der Waals surface area contributed by atoms with Gasteiger partial charge in [-0.1, -0.05) is 26.2 Å². The zero-order valence-corrected chi connectivity index (χ0v) is 11.2. The van der Waals surface area contributed by atoms with E-state index in [-0.39, 0.29) is 0 Å². The Labute approximate surface area is 108 Å². The maximum atomic E-state index is 11.3. The van der Waals surface area contributed by atoms with Gasteiger partial charge >= 0.3 is 11.9 Å². The van der Waals surface area contributed by atoms with Crippen molar-refractivity contribution < 1.29 is 19.1 Å². The van der Waals surface area contributed by atoms with E-state index < -0.39 is 18.0 Å². The van der Waals surface area contributed by atoms with Crippen molar-refractivity contribution in [1.29, 1.82) is 0 Å². The second kappa shape index (κ2) is 10.4. The van der Waals surface area contributed by atoms with E-state index in [0.29, 0.717) is 13.0 Å². The van der Waals surface area contributed by atoms with Crippen LogP contribution in [0.25, 0.3) is 0 Å². The third-order valence-electron chi connectivity index (χ3n) is 2.03. The van der Waals surface area contributed by atoms with Crippen molar-refractivity contribution in [1.82, 2.24) is 0 Å². The molecule has 0 aliphatic rings. The molecule has 0 aromatic rings. The number of hydrogen-bond acceptors (Lipinski definition) is 4. The molecule has 0 saturated carbocycles. The van der Waals surface area contributed by atoms with E-state index in [0.717, 1.165) is 25.0 Å². The number of ether oxygens (including phenoxy) is 2. The molecule has 18 heavy (non-hydrogen) atoms. The Bertz CT molecular complexity index is 347. The molecular formula is C14H20O4. The summed E-state index contributed by atoms with van der Waals surface area (Å²) in [6.07, 6.45) is 4.09. The molecule has 0 aromatic heterocycles. The van der Waals surface area contributed by atoms with E-state index in [9.17, 15) is 9.59 Å². The molecule has 4 nitrogen and oxygen atoms in total. The van der Waals surface area contributed by atoms with Crippen LogP contribution < -0.4 is 0 Å². The van der Waals surface area contributed by atoms with E-state index in [1.54, 1.807) is 6.92 Å².